The molecule has 3 N–H and O–H groups in total. The summed E-state index contributed by atoms with van der Waals surface area (Å²) in [5.41, 5.74) is 7.32. The van der Waals surface area contributed by atoms with Gasteiger partial charge in [0, 0.05) is 31.6 Å². The summed E-state index contributed by atoms with van der Waals surface area (Å²) < 4.78 is 7.36. The average Bonchev–Trinajstić information content (AvgIpc) is 3.05. The lowest BCUT2D eigenvalue weighted by Gasteiger charge is -2.07. The van der Waals surface area contributed by atoms with Gasteiger partial charge in [-0.05, 0) is 37.1 Å². The lowest BCUT2D eigenvalue weighted by Crippen LogP contribution is -2.22. The number of anilines is 1. The number of rotatable bonds is 8. The fourth-order valence-electron chi connectivity index (χ4n) is 2.08. The van der Waals surface area contributed by atoms with E-state index in [1.807, 2.05) is 29.8 Å². The summed E-state index contributed by atoms with van der Waals surface area (Å²) in [6.07, 6.45) is 9.50. The highest BCUT2D eigenvalue weighted by Crippen LogP contribution is 2.22. The third-order valence-corrected chi connectivity index (χ3v) is 3.21. The van der Waals surface area contributed by atoms with E-state index in [9.17, 15) is 4.79 Å². The van der Waals surface area contributed by atoms with Gasteiger partial charge in [-0.15, -0.1) is 0 Å². The van der Waals surface area contributed by atoms with Crippen molar-refractivity contribution in [2.45, 2.75) is 19.9 Å². The van der Waals surface area contributed by atoms with Crippen LogP contribution >= 0.6 is 0 Å². The Morgan fingerprint density at radius 1 is 1.48 bits per heavy atom. The fourth-order valence-corrected chi connectivity index (χ4v) is 2.08. The van der Waals surface area contributed by atoms with Gasteiger partial charge in [-0.3, -0.25) is 4.79 Å². The van der Waals surface area contributed by atoms with Crippen LogP contribution in [0.15, 0.2) is 43.0 Å². The molecule has 0 fully saturated rings. The molecule has 6 nitrogen and oxygen atoms in total. The number of nitrogens with one attached hydrogen (secondary N) is 1. The van der Waals surface area contributed by atoms with Crippen LogP contribution in [0.2, 0.25) is 0 Å². The molecule has 0 saturated heterocycles. The summed E-state index contributed by atoms with van der Waals surface area (Å²) in [5.74, 6) is 0.539. The zero-order valence-corrected chi connectivity index (χ0v) is 13.2. The second-order valence-electron chi connectivity index (χ2n) is 5.01. The first-order valence-corrected chi connectivity index (χ1v) is 7.63. The Morgan fingerprint density at radius 3 is 3.04 bits per heavy atom. The third kappa shape index (κ3) is 5.50. The van der Waals surface area contributed by atoms with E-state index >= 15 is 0 Å². The van der Waals surface area contributed by atoms with Gasteiger partial charge in [-0.2, -0.15) is 0 Å². The maximum Gasteiger partial charge on any atom is 0.244 e. The van der Waals surface area contributed by atoms with Crippen LogP contribution in [0.5, 0.6) is 5.75 Å². The molecule has 0 radical (unpaired) electrons. The van der Waals surface area contributed by atoms with Crippen LogP contribution < -0.4 is 15.8 Å². The Bertz CT molecular complexity index is 651. The molecule has 122 valence electrons. The molecule has 0 unspecified atom stereocenters. The number of nitrogen functional groups attached to an aromatic ring is 1. The summed E-state index contributed by atoms with van der Waals surface area (Å²) in [4.78, 5) is 15.7. The van der Waals surface area contributed by atoms with Crippen molar-refractivity contribution in [2.75, 3.05) is 18.9 Å². The number of imidazole rings is 1. The van der Waals surface area contributed by atoms with E-state index in [1.54, 1.807) is 24.7 Å². The zero-order valence-electron chi connectivity index (χ0n) is 13.2. The van der Waals surface area contributed by atoms with Gasteiger partial charge in [0.25, 0.3) is 0 Å². The number of carbonyl (C=O) groups excluding carboxylic acids is 1. The molecule has 0 atom stereocenters. The Morgan fingerprint density at radius 2 is 2.35 bits per heavy atom. The van der Waals surface area contributed by atoms with Gasteiger partial charge >= 0.3 is 0 Å². The number of benzene rings is 1. The SMILES string of the molecule is CCOc1ccc(/C=C\C(=O)NCCCn2ccnc2)cc1N. The van der Waals surface area contributed by atoms with Crippen molar-refractivity contribution in [3.05, 3.63) is 48.6 Å². The molecule has 2 rings (SSSR count). The van der Waals surface area contributed by atoms with Crippen LogP contribution in [-0.2, 0) is 11.3 Å². The standard InChI is InChI=1S/C17H22N4O2/c1-2-23-16-6-4-14(12-15(16)18)5-7-17(22)20-8-3-10-21-11-9-19-13-21/h4-7,9,11-13H,2-3,8,10,18H2,1H3,(H,20,22)/b7-5-. The molecule has 0 aliphatic rings. The minimum absolute atomic E-state index is 0.122. The average molecular weight is 314 g/mol. The van der Waals surface area contributed by atoms with Crippen molar-refractivity contribution in [3.8, 4) is 5.75 Å². The van der Waals surface area contributed by atoms with E-state index in [4.69, 9.17) is 10.5 Å². The lowest BCUT2D eigenvalue weighted by atomic mass is 10.1. The Balaban J connectivity index is 1.75. The van der Waals surface area contributed by atoms with Crippen LogP contribution in [0.3, 0.4) is 0 Å². The highest BCUT2D eigenvalue weighted by atomic mass is 16.5. The molecule has 0 aliphatic heterocycles. The number of aromatic nitrogens is 2. The van der Waals surface area contributed by atoms with E-state index in [0.29, 0.717) is 24.6 Å². The highest BCUT2D eigenvalue weighted by molar-refractivity contribution is 5.91. The van der Waals surface area contributed by atoms with E-state index in [-0.39, 0.29) is 5.91 Å². The number of nitrogens with two attached hydrogens (primary N) is 1. The summed E-state index contributed by atoms with van der Waals surface area (Å²) >= 11 is 0. The predicted octanol–water partition coefficient (Wildman–Crippen LogP) is 2.08. The van der Waals surface area contributed by atoms with Crippen molar-refractivity contribution in [1.82, 2.24) is 14.9 Å². The van der Waals surface area contributed by atoms with Gasteiger partial charge in [0.1, 0.15) is 5.75 Å². The van der Waals surface area contributed by atoms with Crippen molar-refractivity contribution in [3.63, 3.8) is 0 Å². The Kier molecular flexibility index (Phi) is 6.23. The van der Waals surface area contributed by atoms with Gasteiger partial charge in [0.15, 0.2) is 0 Å². The maximum absolute atomic E-state index is 11.8. The normalized spacial score (nSPS) is 10.8. The van der Waals surface area contributed by atoms with E-state index in [2.05, 4.69) is 10.3 Å². The summed E-state index contributed by atoms with van der Waals surface area (Å²) in [7, 11) is 0. The van der Waals surface area contributed by atoms with Crippen molar-refractivity contribution in [2.24, 2.45) is 0 Å². The summed E-state index contributed by atoms with van der Waals surface area (Å²) in [6, 6.07) is 5.46. The number of aryl methyl sites for hydroxylation is 1. The van der Waals surface area contributed by atoms with Gasteiger partial charge in [0.2, 0.25) is 5.91 Å². The first-order valence-electron chi connectivity index (χ1n) is 7.63. The van der Waals surface area contributed by atoms with Crippen molar-refractivity contribution >= 4 is 17.7 Å². The van der Waals surface area contributed by atoms with Crippen LogP contribution in [-0.4, -0.2) is 28.6 Å². The van der Waals surface area contributed by atoms with Crippen molar-refractivity contribution in [1.29, 1.82) is 0 Å². The molecule has 1 heterocycles. The smallest absolute Gasteiger partial charge is 0.244 e. The first kappa shape index (κ1) is 16.6. The summed E-state index contributed by atoms with van der Waals surface area (Å²) in [6.45, 7) is 3.93. The lowest BCUT2D eigenvalue weighted by molar-refractivity contribution is -0.116. The first-order chi connectivity index (χ1) is 11.2. The zero-order chi connectivity index (χ0) is 16.5. The highest BCUT2D eigenvalue weighted by Gasteiger charge is 2.00. The summed E-state index contributed by atoms with van der Waals surface area (Å²) in [5, 5.41) is 2.85. The molecule has 1 aromatic carbocycles. The minimum Gasteiger partial charge on any atom is -0.492 e. The van der Waals surface area contributed by atoms with E-state index in [1.165, 1.54) is 6.08 Å². The van der Waals surface area contributed by atoms with Crippen molar-refractivity contribution < 1.29 is 9.53 Å². The van der Waals surface area contributed by atoms with Gasteiger partial charge in [-0.1, -0.05) is 6.07 Å². The molecule has 2 aromatic rings. The molecule has 0 saturated carbocycles. The minimum atomic E-state index is -0.122. The van der Waals surface area contributed by atoms with Crippen LogP contribution in [0.25, 0.3) is 6.08 Å². The monoisotopic (exact) mass is 314 g/mol. The fraction of sp³-hybridized carbons (Fsp3) is 0.294. The quantitative estimate of drug-likeness (QED) is 0.444. The number of hydrogen-bond donors (Lipinski definition) is 2. The Labute approximate surface area is 136 Å². The van der Waals surface area contributed by atoms with E-state index < -0.39 is 0 Å². The van der Waals surface area contributed by atoms with Crippen LogP contribution in [0.1, 0.15) is 18.9 Å². The second-order valence-corrected chi connectivity index (χ2v) is 5.01. The Hall–Kier alpha value is -2.76. The maximum atomic E-state index is 11.8. The largest absolute Gasteiger partial charge is 0.492 e. The molecule has 1 amide bonds. The third-order valence-electron chi connectivity index (χ3n) is 3.21. The number of hydrogen-bond acceptors (Lipinski definition) is 4. The molecule has 6 heteroatoms. The molecular weight excluding hydrogens is 292 g/mol. The molecule has 23 heavy (non-hydrogen) atoms. The number of amides is 1. The van der Waals surface area contributed by atoms with E-state index in [0.717, 1.165) is 18.5 Å². The molecule has 1 aromatic heterocycles. The predicted molar refractivity (Wildman–Crippen MR) is 90.9 cm³/mol. The molecular formula is C17H22N4O2. The van der Waals surface area contributed by atoms with Gasteiger partial charge in [0.05, 0.1) is 18.6 Å². The number of nitrogens with zero attached hydrogens (tertiary/aromatic N) is 2. The second kappa shape index (κ2) is 8.63. The molecule has 0 spiro atoms. The van der Waals surface area contributed by atoms with Gasteiger partial charge < -0.3 is 20.4 Å². The van der Waals surface area contributed by atoms with Crippen LogP contribution in [0, 0.1) is 0 Å². The topological polar surface area (TPSA) is 82.2 Å². The number of ether oxygens (including phenoxy) is 1. The number of carbonyl (C=O) groups is 1. The van der Waals surface area contributed by atoms with Crippen LogP contribution in [0.4, 0.5) is 5.69 Å². The molecule has 0 aliphatic carbocycles. The van der Waals surface area contributed by atoms with Gasteiger partial charge in [-0.25, -0.2) is 4.98 Å². The molecule has 0 bridgehead atoms.